The summed E-state index contributed by atoms with van der Waals surface area (Å²) in [5, 5.41) is 3.45. The molecule has 1 aromatic carbocycles. The Balaban J connectivity index is 1.54. The van der Waals surface area contributed by atoms with E-state index in [9.17, 15) is 9.59 Å². The van der Waals surface area contributed by atoms with E-state index < -0.39 is 0 Å². The van der Waals surface area contributed by atoms with Crippen molar-refractivity contribution in [2.75, 3.05) is 31.5 Å². The molecule has 1 aliphatic heterocycles. The number of halogens is 1. The van der Waals surface area contributed by atoms with Crippen LogP contribution in [0.1, 0.15) is 10.4 Å². The van der Waals surface area contributed by atoms with Gasteiger partial charge in [-0.2, -0.15) is 0 Å². The molecule has 7 heteroatoms. The first kappa shape index (κ1) is 16.3. The van der Waals surface area contributed by atoms with E-state index in [1.807, 2.05) is 0 Å². The van der Waals surface area contributed by atoms with Gasteiger partial charge in [0.05, 0.1) is 5.56 Å². The molecule has 1 N–H and O–H groups in total. The van der Waals surface area contributed by atoms with Crippen LogP contribution < -0.4 is 5.32 Å². The van der Waals surface area contributed by atoms with Crippen molar-refractivity contribution in [2.45, 2.75) is 0 Å². The van der Waals surface area contributed by atoms with Crippen LogP contribution in [0.3, 0.4) is 0 Å². The van der Waals surface area contributed by atoms with Crippen molar-refractivity contribution in [2.24, 2.45) is 0 Å². The molecule has 1 saturated heterocycles. The Hall–Kier alpha value is -2.60. The highest BCUT2D eigenvalue weighted by atomic mass is 35.5. The van der Waals surface area contributed by atoms with Gasteiger partial charge in [-0.15, -0.1) is 0 Å². The second-order valence-electron chi connectivity index (χ2n) is 5.46. The van der Waals surface area contributed by atoms with Gasteiger partial charge in [-0.1, -0.05) is 11.6 Å². The van der Waals surface area contributed by atoms with Gasteiger partial charge in [0.2, 0.25) is 0 Å². The summed E-state index contributed by atoms with van der Waals surface area (Å²) in [7, 11) is 0. The molecule has 0 atom stereocenters. The number of piperazine rings is 1. The quantitative estimate of drug-likeness (QED) is 0.911. The van der Waals surface area contributed by atoms with Crippen molar-refractivity contribution < 1.29 is 9.59 Å². The number of nitrogens with zero attached hydrogens (tertiary/aromatic N) is 3. The lowest BCUT2D eigenvalue weighted by Crippen LogP contribution is -2.51. The van der Waals surface area contributed by atoms with E-state index in [0.717, 1.165) is 0 Å². The number of nitrogens with one attached hydrogen (secondary N) is 1. The summed E-state index contributed by atoms with van der Waals surface area (Å²) in [6, 6.07) is 10.3. The van der Waals surface area contributed by atoms with Crippen molar-refractivity contribution in [3.63, 3.8) is 0 Å². The number of pyridine rings is 1. The fourth-order valence-electron chi connectivity index (χ4n) is 2.52. The molecular formula is C17H17ClN4O2. The summed E-state index contributed by atoms with van der Waals surface area (Å²) >= 11 is 5.83. The molecule has 2 aromatic rings. The summed E-state index contributed by atoms with van der Waals surface area (Å²) < 4.78 is 0. The van der Waals surface area contributed by atoms with Gasteiger partial charge in [0.15, 0.2) is 0 Å². The molecule has 0 saturated carbocycles. The first-order chi connectivity index (χ1) is 11.6. The van der Waals surface area contributed by atoms with Crippen LogP contribution in [0, 0.1) is 0 Å². The molecule has 0 bridgehead atoms. The van der Waals surface area contributed by atoms with Crippen LogP contribution in [-0.2, 0) is 0 Å². The van der Waals surface area contributed by atoms with Crippen LogP contribution in [0.15, 0.2) is 48.8 Å². The minimum atomic E-state index is -0.175. The van der Waals surface area contributed by atoms with Crippen LogP contribution in [0.2, 0.25) is 5.02 Å². The highest BCUT2D eigenvalue weighted by molar-refractivity contribution is 6.30. The molecule has 1 fully saturated rings. The van der Waals surface area contributed by atoms with Gasteiger partial charge >= 0.3 is 6.03 Å². The Labute approximate surface area is 145 Å². The Bertz CT molecular complexity index is 713. The van der Waals surface area contributed by atoms with E-state index in [0.29, 0.717) is 42.5 Å². The maximum atomic E-state index is 12.4. The fourth-order valence-corrected chi connectivity index (χ4v) is 2.65. The molecule has 0 spiro atoms. The monoisotopic (exact) mass is 344 g/mol. The third-order valence-electron chi connectivity index (χ3n) is 3.86. The predicted octanol–water partition coefficient (Wildman–Crippen LogP) is 2.72. The van der Waals surface area contributed by atoms with Gasteiger partial charge in [0.1, 0.15) is 0 Å². The molecule has 3 amide bonds. The normalized spacial score (nSPS) is 14.4. The molecule has 6 nitrogen and oxygen atoms in total. The molecular weight excluding hydrogens is 328 g/mol. The minimum absolute atomic E-state index is 0.0548. The van der Waals surface area contributed by atoms with Gasteiger partial charge in [-0.05, 0) is 36.4 Å². The van der Waals surface area contributed by atoms with E-state index in [1.54, 1.807) is 58.6 Å². The summed E-state index contributed by atoms with van der Waals surface area (Å²) in [6.07, 6.45) is 3.19. The number of carbonyl (C=O) groups is 2. The standard InChI is InChI=1S/C17H17ClN4O2/c18-14-3-5-15(6-4-14)20-17(24)22-10-8-21(9-11-22)16(23)13-2-1-7-19-12-13/h1-7,12H,8-11H2,(H,20,24). The molecule has 2 heterocycles. The molecule has 0 unspecified atom stereocenters. The van der Waals surface area contributed by atoms with Gasteiger partial charge in [-0.25, -0.2) is 4.79 Å². The number of aromatic nitrogens is 1. The van der Waals surface area contributed by atoms with Gasteiger partial charge in [0, 0.05) is 49.3 Å². The average molecular weight is 345 g/mol. The maximum Gasteiger partial charge on any atom is 0.321 e. The largest absolute Gasteiger partial charge is 0.335 e. The zero-order chi connectivity index (χ0) is 16.9. The number of rotatable bonds is 2. The van der Waals surface area contributed by atoms with Crippen LogP contribution in [-0.4, -0.2) is 52.9 Å². The lowest BCUT2D eigenvalue weighted by molar-refractivity contribution is 0.0671. The van der Waals surface area contributed by atoms with Crippen molar-refractivity contribution >= 4 is 29.2 Å². The van der Waals surface area contributed by atoms with Crippen molar-refractivity contribution in [1.82, 2.24) is 14.8 Å². The number of hydrogen-bond donors (Lipinski definition) is 1. The Kier molecular flexibility index (Phi) is 4.96. The number of amides is 3. The SMILES string of the molecule is O=C(Nc1ccc(Cl)cc1)N1CCN(C(=O)c2cccnc2)CC1. The first-order valence-corrected chi connectivity index (χ1v) is 8.02. The van der Waals surface area contributed by atoms with Gasteiger partial charge < -0.3 is 15.1 Å². The number of anilines is 1. The third-order valence-corrected chi connectivity index (χ3v) is 4.11. The lowest BCUT2D eigenvalue weighted by Gasteiger charge is -2.34. The van der Waals surface area contributed by atoms with E-state index in [-0.39, 0.29) is 11.9 Å². The molecule has 0 aliphatic carbocycles. The van der Waals surface area contributed by atoms with Crippen molar-refractivity contribution in [3.8, 4) is 0 Å². The second-order valence-corrected chi connectivity index (χ2v) is 5.89. The van der Waals surface area contributed by atoms with Crippen LogP contribution in [0.4, 0.5) is 10.5 Å². The van der Waals surface area contributed by atoms with Gasteiger partial charge in [-0.3, -0.25) is 9.78 Å². The predicted molar refractivity (Wildman–Crippen MR) is 92.2 cm³/mol. The molecule has 1 aromatic heterocycles. The summed E-state index contributed by atoms with van der Waals surface area (Å²) in [6.45, 7) is 1.99. The van der Waals surface area contributed by atoms with Crippen LogP contribution in [0.5, 0.6) is 0 Å². The lowest BCUT2D eigenvalue weighted by atomic mass is 10.2. The number of urea groups is 1. The highest BCUT2D eigenvalue weighted by Gasteiger charge is 2.24. The molecule has 124 valence electrons. The number of hydrogen-bond acceptors (Lipinski definition) is 3. The highest BCUT2D eigenvalue weighted by Crippen LogP contribution is 2.15. The first-order valence-electron chi connectivity index (χ1n) is 7.64. The second kappa shape index (κ2) is 7.31. The van der Waals surface area contributed by atoms with E-state index in [4.69, 9.17) is 11.6 Å². The van der Waals surface area contributed by atoms with Crippen molar-refractivity contribution in [1.29, 1.82) is 0 Å². The zero-order valence-electron chi connectivity index (χ0n) is 13.0. The molecule has 3 rings (SSSR count). The molecule has 1 aliphatic rings. The number of carbonyl (C=O) groups excluding carboxylic acids is 2. The topological polar surface area (TPSA) is 65.5 Å². The van der Waals surface area contributed by atoms with Crippen LogP contribution in [0.25, 0.3) is 0 Å². The van der Waals surface area contributed by atoms with E-state index in [2.05, 4.69) is 10.3 Å². The maximum absolute atomic E-state index is 12.4. The van der Waals surface area contributed by atoms with E-state index >= 15 is 0 Å². The van der Waals surface area contributed by atoms with Crippen LogP contribution >= 0.6 is 11.6 Å². The fraction of sp³-hybridized carbons (Fsp3) is 0.235. The summed E-state index contributed by atoms with van der Waals surface area (Å²) in [5.41, 5.74) is 1.26. The zero-order valence-corrected chi connectivity index (χ0v) is 13.7. The summed E-state index contributed by atoms with van der Waals surface area (Å²) in [4.78, 5) is 32.0. The Morgan fingerprint density at radius 2 is 1.67 bits per heavy atom. The Morgan fingerprint density at radius 1 is 1.00 bits per heavy atom. The van der Waals surface area contributed by atoms with E-state index in [1.165, 1.54) is 0 Å². The smallest absolute Gasteiger partial charge is 0.321 e. The number of benzene rings is 1. The summed E-state index contributed by atoms with van der Waals surface area (Å²) in [5.74, 6) is -0.0548. The average Bonchev–Trinajstić information content (AvgIpc) is 2.64. The van der Waals surface area contributed by atoms with Crippen molar-refractivity contribution in [3.05, 3.63) is 59.4 Å². The minimum Gasteiger partial charge on any atom is -0.335 e. The molecule has 24 heavy (non-hydrogen) atoms. The third kappa shape index (κ3) is 3.83. The molecule has 0 radical (unpaired) electrons. The van der Waals surface area contributed by atoms with Gasteiger partial charge in [0.25, 0.3) is 5.91 Å². The Morgan fingerprint density at radius 3 is 2.29 bits per heavy atom.